The summed E-state index contributed by atoms with van der Waals surface area (Å²) in [6.07, 6.45) is 0.565. The van der Waals surface area contributed by atoms with Crippen molar-refractivity contribution in [2.75, 3.05) is 0 Å². The van der Waals surface area contributed by atoms with Gasteiger partial charge in [-0.05, 0) is 5.56 Å². The zero-order valence-corrected chi connectivity index (χ0v) is 9.50. The standard InChI is InChI=1S/C13H13NO3/c1-9-11(8-15)13(17)14(12(9)16)7-10-5-3-2-4-6-10/h2-6,8-9,11H,7H2,1H3. The average Bonchev–Trinajstić information content (AvgIpc) is 2.55. The third-order valence-electron chi connectivity index (χ3n) is 3.08. The number of rotatable bonds is 3. The first-order valence-electron chi connectivity index (χ1n) is 5.49. The molecule has 2 amide bonds. The number of benzene rings is 1. The summed E-state index contributed by atoms with van der Waals surface area (Å²) in [4.78, 5) is 35.6. The molecule has 88 valence electrons. The number of imide groups is 1. The van der Waals surface area contributed by atoms with Gasteiger partial charge in [0.15, 0.2) is 0 Å². The van der Waals surface area contributed by atoms with Gasteiger partial charge in [0.05, 0.1) is 12.5 Å². The predicted octanol–water partition coefficient (Wildman–Crippen LogP) is 1.01. The van der Waals surface area contributed by atoms with Gasteiger partial charge in [-0.1, -0.05) is 37.3 Å². The number of carbonyl (C=O) groups is 3. The lowest BCUT2D eigenvalue weighted by molar-refractivity contribution is -0.140. The maximum Gasteiger partial charge on any atom is 0.240 e. The smallest absolute Gasteiger partial charge is 0.240 e. The summed E-state index contributed by atoms with van der Waals surface area (Å²) >= 11 is 0. The largest absolute Gasteiger partial charge is 0.302 e. The van der Waals surface area contributed by atoms with Crippen LogP contribution in [0.3, 0.4) is 0 Å². The summed E-state index contributed by atoms with van der Waals surface area (Å²) in [6, 6.07) is 9.26. The highest BCUT2D eigenvalue weighted by atomic mass is 16.2. The quantitative estimate of drug-likeness (QED) is 0.443. The SMILES string of the molecule is CC1C(=O)N(Cc2ccccc2)C(=O)C1C=O. The van der Waals surface area contributed by atoms with Crippen molar-refractivity contribution in [1.82, 2.24) is 4.90 Å². The van der Waals surface area contributed by atoms with Crippen LogP contribution >= 0.6 is 0 Å². The Balaban J connectivity index is 2.20. The van der Waals surface area contributed by atoms with Crippen molar-refractivity contribution in [2.24, 2.45) is 11.8 Å². The van der Waals surface area contributed by atoms with Crippen LogP contribution in [0.4, 0.5) is 0 Å². The molecule has 1 saturated heterocycles. The molecule has 4 heteroatoms. The van der Waals surface area contributed by atoms with E-state index in [0.29, 0.717) is 6.29 Å². The number of hydrogen-bond donors (Lipinski definition) is 0. The summed E-state index contributed by atoms with van der Waals surface area (Å²) in [5.74, 6) is -2.01. The van der Waals surface area contributed by atoms with Crippen molar-refractivity contribution in [3.05, 3.63) is 35.9 Å². The highest BCUT2D eigenvalue weighted by Gasteiger charge is 2.44. The lowest BCUT2D eigenvalue weighted by atomic mass is 9.99. The highest BCUT2D eigenvalue weighted by molar-refractivity contribution is 6.10. The predicted molar refractivity (Wildman–Crippen MR) is 60.7 cm³/mol. The first-order chi connectivity index (χ1) is 8.15. The zero-order valence-electron chi connectivity index (χ0n) is 9.50. The van der Waals surface area contributed by atoms with Crippen LogP contribution in [-0.4, -0.2) is 23.0 Å². The molecule has 0 radical (unpaired) electrons. The minimum absolute atomic E-state index is 0.243. The van der Waals surface area contributed by atoms with Crippen LogP contribution in [0.2, 0.25) is 0 Å². The molecule has 4 nitrogen and oxygen atoms in total. The van der Waals surface area contributed by atoms with E-state index in [-0.39, 0.29) is 18.4 Å². The van der Waals surface area contributed by atoms with E-state index in [1.807, 2.05) is 30.3 Å². The average molecular weight is 231 g/mol. The Morgan fingerprint density at radius 2 is 1.82 bits per heavy atom. The fourth-order valence-corrected chi connectivity index (χ4v) is 2.00. The molecule has 1 aromatic carbocycles. The summed E-state index contributed by atoms with van der Waals surface area (Å²) in [6.45, 7) is 1.86. The molecular weight excluding hydrogens is 218 g/mol. The number of carbonyl (C=O) groups excluding carboxylic acids is 3. The van der Waals surface area contributed by atoms with Crippen molar-refractivity contribution in [3.63, 3.8) is 0 Å². The normalized spacial score (nSPS) is 24.2. The first kappa shape index (κ1) is 11.5. The molecular formula is C13H13NO3. The molecule has 1 aromatic rings. The zero-order chi connectivity index (χ0) is 12.4. The first-order valence-corrected chi connectivity index (χ1v) is 5.49. The maximum atomic E-state index is 11.8. The van der Waals surface area contributed by atoms with Crippen molar-refractivity contribution >= 4 is 18.1 Å². The van der Waals surface area contributed by atoms with E-state index in [1.165, 1.54) is 4.90 Å². The monoisotopic (exact) mass is 231 g/mol. The summed E-state index contributed by atoms with van der Waals surface area (Å²) in [7, 11) is 0. The van der Waals surface area contributed by atoms with E-state index >= 15 is 0 Å². The summed E-state index contributed by atoms with van der Waals surface area (Å²) in [5, 5.41) is 0. The number of likely N-dealkylation sites (tertiary alicyclic amines) is 1. The Morgan fingerprint density at radius 1 is 1.18 bits per heavy atom. The van der Waals surface area contributed by atoms with Crippen LogP contribution in [-0.2, 0) is 20.9 Å². The van der Waals surface area contributed by atoms with Gasteiger partial charge in [-0.15, -0.1) is 0 Å². The maximum absolute atomic E-state index is 11.8. The molecule has 2 unspecified atom stereocenters. The minimum Gasteiger partial charge on any atom is -0.302 e. The second kappa shape index (κ2) is 4.49. The molecule has 2 rings (SSSR count). The molecule has 1 heterocycles. The lowest BCUT2D eigenvalue weighted by Crippen LogP contribution is -2.30. The van der Waals surface area contributed by atoms with Crippen LogP contribution in [0.25, 0.3) is 0 Å². The fraction of sp³-hybridized carbons (Fsp3) is 0.308. The topological polar surface area (TPSA) is 54.5 Å². The van der Waals surface area contributed by atoms with Crippen LogP contribution in [0, 0.1) is 11.8 Å². The molecule has 0 spiro atoms. The van der Waals surface area contributed by atoms with Gasteiger partial charge in [-0.25, -0.2) is 0 Å². The number of nitrogens with zero attached hydrogens (tertiary/aromatic N) is 1. The molecule has 0 N–H and O–H groups in total. The van der Waals surface area contributed by atoms with E-state index in [1.54, 1.807) is 6.92 Å². The van der Waals surface area contributed by atoms with E-state index in [9.17, 15) is 14.4 Å². The summed E-state index contributed by atoms with van der Waals surface area (Å²) in [5.41, 5.74) is 0.882. The van der Waals surface area contributed by atoms with E-state index in [4.69, 9.17) is 0 Å². The summed E-state index contributed by atoms with van der Waals surface area (Å²) < 4.78 is 0. The van der Waals surface area contributed by atoms with Crippen LogP contribution in [0.5, 0.6) is 0 Å². The second-order valence-electron chi connectivity index (χ2n) is 4.20. The second-order valence-corrected chi connectivity index (χ2v) is 4.20. The number of aldehydes is 1. The van der Waals surface area contributed by atoms with Gasteiger partial charge in [0.2, 0.25) is 11.8 Å². The number of amides is 2. The lowest BCUT2D eigenvalue weighted by Gasteiger charge is -2.14. The van der Waals surface area contributed by atoms with Crippen LogP contribution < -0.4 is 0 Å². The Kier molecular flexibility index (Phi) is 3.04. The molecule has 0 aliphatic carbocycles. The van der Waals surface area contributed by atoms with Crippen LogP contribution in [0.15, 0.2) is 30.3 Å². The van der Waals surface area contributed by atoms with Crippen molar-refractivity contribution in [3.8, 4) is 0 Å². The van der Waals surface area contributed by atoms with Crippen molar-refractivity contribution in [1.29, 1.82) is 0 Å². The molecule has 1 fully saturated rings. The molecule has 1 aliphatic rings. The molecule has 2 atom stereocenters. The fourth-order valence-electron chi connectivity index (χ4n) is 2.00. The Hall–Kier alpha value is -1.97. The van der Waals surface area contributed by atoms with E-state index < -0.39 is 11.8 Å². The van der Waals surface area contributed by atoms with Gasteiger partial charge in [0.1, 0.15) is 12.2 Å². The number of hydrogen-bond acceptors (Lipinski definition) is 3. The Bertz CT molecular complexity index is 455. The van der Waals surface area contributed by atoms with Gasteiger partial charge in [0, 0.05) is 0 Å². The van der Waals surface area contributed by atoms with Gasteiger partial charge in [-0.2, -0.15) is 0 Å². The molecule has 0 saturated carbocycles. The van der Waals surface area contributed by atoms with Gasteiger partial charge >= 0.3 is 0 Å². The molecule has 1 aliphatic heterocycles. The highest BCUT2D eigenvalue weighted by Crippen LogP contribution is 2.25. The molecule has 17 heavy (non-hydrogen) atoms. The third-order valence-corrected chi connectivity index (χ3v) is 3.08. The van der Waals surface area contributed by atoms with Crippen molar-refractivity contribution < 1.29 is 14.4 Å². The molecule has 0 aromatic heterocycles. The van der Waals surface area contributed by atoms with Crippen LogP contribution in [0.1, 0.15) is 12.5 Å². The Morgan fingerprint density at radius 3 is 2.35 bits per heavy atom. The molecule has 0 bridgehead atoms. The van der Waals surface area contributed by atoms with Gasteiger partial charge in [0.25, 0.3) is 0 Å². The van der Waals surface area contributed by atoms with Crippen molar-refractivity contribution in [2.45, 2.75) is 13.5 Å². The van der Waals surface area contributed by atoms with Gasteiger partial charge < -0.3 is 4.79 Å². The van der Waals surface area contributed by atoms with Gasteiger partial charge in [-0.3, -0.25) is 14.5 Å². The Labute approximate surface area is 99.2 Å². The van der Waals surface area contributed by atoms with E-state index in [2.05, 4.69) is 0 Å². The third kappa shape index (κ3) is 1.98. The minimum atomic E-state index is -0.814. The van der Waals surface area contributed by atoms with E-state index in [0.717, 1.165) is 5.56 Å².